The van der Waals surface area contributed by atoms with Gasteiger partial charge in [0.15, 0.2) is 0 Å². The Morgan fingerprint density at radius 2 is 1.26 bits per heavy atom. The molecule has 3 aliphatic rings. The summed E-state index contributed by atoms with van der Waals surface area (Å²) in [5, 5.41) is 0. The first kappa shape index (κ1) is 13.9. The van der Waals surface area contributed by atoms with E-state index in [1.807, 2.05) is 0 Å². The maximum Gasteiger partial charge on any atom is 0.0113 e. The van der Waals surface area contributed by atoms with E-state index in [1.54, 1.807) is 0 Å². The molecule has 1 heterocycles. The number of nitrogens with zero attached hydrogens (tertiary/aromatic N) is 2. The van der Waals surface area contributed by atoms with Crippen LogP contribution in [0.1, 0.15) is 58.8 Å². The van der Waals surface area contributed by atoms with Gasteiger partial charge in [0.25, 0.3) is 0 Å². The van der Waals surface area contributed by atoms with Crippen molar-refractivity contribution in [3.05, 3.63) is 0 Å². The fourth-order valence-electron chi connectivity index (χ4n) is 4.39. The lowest BCUT2D eigenvalue weighted by molar-refractivity contribution is 0.00382. The van der Waals surface area contributed by atoms with E-state index in [4.69, 9.17) is 0 Å². The number of piperazine rings is 1. The second kappa shape index (κ2) is 6.13. The molecule has 0 amide bonds. The molecular weight excluding hydrogens is 232 g/mol. The summed E-state index contributed by atoms with van der Waals surface area (Å²) in [7, 11) is 0. The molecule has 110 valence electrons. The van der Waals surface area contributed by atoms with Crippen LogP contribution in [0.4, 0.5) is 0 Å². The minimum Gasteiger partial charge on any atom is -0.298 e. The van der Waals surface area contributed by atoms with Gasteiger partial charge in [-0.3, -0.25) is 9.80 Å². The minimum absolute atomic E-state index is 0.903. The lowest BCUT2D eigenvalue weighted by Gasteiger charge is -2.49. The summed E-state index contributed by atoms with van der Waals surface area (Å²) in [6.45, 7) is 10.1. The molecule has 0 spiro atoms. The van der Waals surface area contributed by atoms with Gasteiger partial charge in [-0.25, -0.2) is 0 Å². The highest BCUT2D eigenvalue weighted by Crippen LogP contribution is 2.37. The molecular formula is C17H32N2. The van der Waals surface area contributed by atoms with Crippen LogP contribution >= 0.6 is 0 Å². The second-order valence-electron chi connectivity index (χ2n) is 7.49. The van der Waals surface area contributed by atoms with E-state index < -0.39 is 0 Å². The third-order valence-corrected chi connectivity index (χ3v) is 6.05. The maximum absolute atomic E-state index is 2.80. The van der Waals surface area contributed by atoms with E-state index >= 15 is 0 Å². The quantitative estimate of drug-likeness (QED) is 0.771. The lowest BCUT2D eigenvalue weighted by Crippen LogP contribution is -2.56. The topological polar surface area (TPSA) is 6.48 Å². The first-order valence-corrected chi connectivity index (χ1v) is 8.72. The smallest absolute Gasteiger partial charge is 0.0113 e. The SMILES string of the molecule is CC(C)C1CC(N2CCN(C3CCCCC3)CC2)C1. The van der Waals surface area contributed by atoms with Crippen LogP contribution in [0.3, 0.4) is 0 Å². The van der Waals surface area contributed by atoms with E-state index in [-0.39, 0.29) is 0 Å². The van der Waals surface area contributed by atoms with Crippen molar-refractivity contribution in [2.24, 2.45) is 11.8 Å². The van der Waals surface area contributed by atoms with E-state index in [0.717, 1.165) is 23.9 Å². The maximum atomic E-state index is 2.80. The summed E-state index contributed by atoms with van der Waals surface area (Å²) >= 11 is 0. The fraction of sp³-hybridized carbons (Fsp3) is 1.00. The molecule has 19 heavy (non-hydrogen) atoms. The van der Waals surface area contributed by atoms with Crippen LogP contribution in [0.5, 0.6) is 0 Å². The normalized spacial score (nSPS) is 35.5. The molecule has 2 nitrogen and oxygen atoms in total. The fourth-order valence-corrected chi connectivity index (χ4v) is 4.39. The number of hydrogen-bond donors (Lipinski definition) is 0. The minimum atomic E-state index is 0.903. The standard InChI is InChI=1S/C17H32N2/c1-14(2)15-12-17(13-15)19-10-8-18(9-11-19)16-6-4-3-5-7-16/h14-17H,3-13H2,1-2H3. The number of rotatable bonds is 3. The van der Waals surface area contributed by atoms with Gasteiger partial charge < -0.3 is 0 Å². The van der Waals surface area contributed by atoms with Gasteiger partial charge in [-0.1, -0.05) is 33.1 Å². The summed E-state index contributed by atoms with van der Waals surface area (Å²) in [4.78, 5) is 5.59. The summed E-state index contributed by atoms with van der Waals surface area (Å²) in [5.41, 5.74) is 0. The monoisotopic (exact) mass is 264 g/mol. The van der Waals surface area contributed by atoms with Crippen molar-refractivity contribution < 1.29 is 0 Å². The van der Waals surface area contributed by atoms with Gasteiger partial charge >= 0.3 is 0 Å². The van der Waals surface area contributed by atoms with Gasteiger partial charge in [0.05, 0.1) is 0 Å². The van der Waals surface area contributed by atoms with E-state index in [1.165, 1.54) is 71.1 Å². The molecule has 3 fully saturated rings. The van der Waals surface area contributed by atoms with Gasteiger partial charge in [0.1, 0.15) is 0 Å². The molecule has 2 heteroatoms. The van der Waals surface area contributed by atoms with Gasteiger partial charge in [-0.2, -0.15) is 0 Å². The highest BCUT2D eigenvalue weighted by molar-refractivity contribution is 4.91. The average molecular weight is 264 g/mol. The molecule has 0 unspecified atom stereocenters. The van der Waals surface area contributed by atoms with Gasteiger partial charge in [0, 0.05) is 38.3 Å². The first-order valence-electron chi connectivity index (χ1n) is 8.72. The molecule has 0 N–H and O–H groups in total. The summed E-state index contributed by atoms with van der Waals surface area (Å²) < 4.78 is 0. The Hall–Kier alpha value is -0.0800. The summed E-state index contributed by atoms with van der Waals surface area (Å²) in [5.74, 6) is 1.92. The Morgan fingerprint density at radius 3 is 1.79 bits per heavy atom. The van der Waals surface area contributed by atoms with Gasteiger partial charge in [-0.15, -0.1) is 0 Å². The second-order valence-corrected chi connectivity index (χ2v) is 7.49. The summed E-state index contributed by atoms with van der Waals surface area (Å²) in [6, 6.07) is 1.86. The number of hydrogen-bond acceptors (Lipinski definition) is 2. The molecule has 0 bridgehead atoms. The van der Waals surface area contributed by atoms with E-state index in [0.29, 0.717) is 0 Å². The average Bonchev–Trinajstić information content (AvgIpc) is 2.38. The molecule has 0 aromatic carbocycles. The van der Waals surface area contributed by atoms with Crippen molar-refractivity contribution in [3.8, 4) is 0 Å². The molecule has 0 atom stereocenters. The van der Waals surface area contributed by atoms with Gasteiger partial charge in [0.2, 0.25) is 0 Å². The van der Waals surface area contributed by atoms with Crippen LogP contribution in [0.15, 0.2) is 0 Å². The zero-order valence-corrected chi connectivity index (χ0v) is 13.0. The molecule has 0 aromatic rings. The first-order chi connectivity index (χ1) is 9.24. The van der Waals surface area contributed by atoms with E-state index in [9.17, 15) is 0 Å². The van der Waals surface area contributed by atoms with Crippen molar-refractivity contribution in [3.63, 3.8) is 0 Å². The Bertz CT molecular complexity index is 269. The van der Waals surface area contributed by atoms with Crippen LogP contribution in [0, 0.1) is 11.8 Å². The van der Waals surface area contributed by atoms with Crippen LogP contribution in [-0.4, -0.2) is 48.1 Å². The van der Waals surface area contributed by atoms with Crippen LogP contribution in [0.25, 0.3) is 0 Å². The van der Waals surface area contributed by atoms with Crippen LogP contribution < -0.4 is 0 Å². The molecule has 2 saturated carbocycles. The van der Waals surface area contributed by atoms with Crippen molar-refractivity contribution in [1.29, 1.82) is 0 Å². The summed E-state index contributed by atoms with van der Waals surface area (Å²) in [6.07, 6.45) is 10.3. The van der Waals surface area contributed by atoms with Crippen LogP contribution in [0.2, 0.25) is 0 Å². The van der Waals surface area contributed by atoms with Crippen LogP contribution in [-0.2, 0) is 0 Å². The van der Waals surface area contributed by atoms with Crippen molar-refractivity contribution >= 4 is 0 Å². The van der Waals surface area contributed by atoms with Crippen molar-refractivity contribution in [1.82, 2.24) is 9.80 Å². The third kappa shape index (κ3) is 3.16. The third-order valence-electron chi connectivity index (χ3n) is 6.05. The predicted molar refractivity (Wildman–Crippen MR) is 81.4 cm³/mol. The largest absolute Gasteiger partial charge is 0.298 e. The lowest BCUT2D eigenvalue weighted by atomic mass is 9.73. The molecule has 1 aliphatic heterocycles. The molecule has 1 saturated heterocycles. The molecule has 2 aliphatic carbocycles. The molecule has 0 aromatic heterocycles. The Kier molecular flexibility index (Phi) is 4.48. The Labute approximate surface area is 119 Å². The molecule has 3 rings (SSSR count). The predicted octanol–water partition coefficient (Wildman–Crippen LogP) is 3.37. The molecule has 0 radical (unpaired) electrons. The highest BCUT2D eigenvalue weighted by Gasteiger charge is 2.36. The Morgan fingerprint density at radius 1 is 0.737 bits per heavy atom. The highest BCUT2D eigenvalue weighted by atomic mass is 15.3. The zero-order valence-electron chi connectivity index (χ0n) is 13.0. The van der Waals surface area contributed by atoms with Crippen molar-refractivity contribution in [2.45, 2.75) is 70.9 Å². The Balaban J connectivity index is 1.40. The van der Waals surface area contributed by atoms with Gasteiger partial charge in [-0.05, 0) is 37.5 Å². The van der Waals surface area contributed by atoms with E-state index in [2.05, 4.69) is 23.6 Å². The zero-order chi connectivity index (χ0) is 13.2. The van der Waals surface area contributed by atoms with Crippen molar-refractivity contribution in [2.75, 3.05) is 26.2 Å².